The molecule has 1 aliphatic rings. The molecule has 1 aromatic rings. The van der Waals surface area contributed by atoms with Crippen LogP contribution in [0.4, 0.5) is 0 Å². The summed E-state index contributed by atoms with van der Waals surface area (Å²) in [5, 5.41) is 11.0. The van der Waals surface area contributed by atoms with Crippen LogP contribution in [0.1, 0.15) is 26.0 Å². The van der Waals surface area contributed by atoms with Gasteiger partial charge < -0.3 is 10.2 Å². The predicted molar refractivity (Wildman–Crippen MR) is 72.3 cm³/mol. The largest absolute Gasteiger partial charge is 0.341 e. The molecule has 1 saturated heterocycles. The van der Waals surface area contributed by atoms with E-state index in [9.17, 15) is 4.79 Å². The summed E-state index contributed by atoms with van der Waals surface area (Å²) < 4.78 is 1.62. The predicted octanol–water partition coefficient (Wildman–Crippen LogP) is 0.502. The zero-order chi connectivity index (χ0) is 13.8. The first-order valence-corrected chi connectivity index (χ1v) is 6.90. The monoisotopic (exact) mass is 265 g/mol. The number of hydrogen-bond donors (Lipinski definition) is 1. The minimum Gasteiger partial charge on any atom is -0.341 e. The fourth-order valence-corrected chi connectivity index (χ4v) is 2.78. The summed E-state index contributed by atoms with van der Waals surface area (Å²) in [5.41, 5.74) is 0.857. The molecular formula is C13H23N5O. The number of piperidine rings is 1. The van der Waals surface area contributed by atoms with Crippen molar-refractivity contribution in [3.05, 3.63) is 11.9 Å². The molecule has 6 nitrogen and oxygen atoms in total. The summed E-state index contributed by atoms with van der Waals surface area (Å²) in [6.07, 6.45) is 3.03. The Balaban J connectivity index is 1.92. The van der Waals surface area contributed by atoms with Crippen LogP contribution in [-0.2, 0) is 17.9 Å². The van der Waals surface area contributed by atoms with Gasteiger partial charge in [-0.2, -0.15) is 0 Å². The molecule has 2 rings (SSSR count). The third kappa shape index (κ3) is 3.76. The van der Waals surface area contributed by atoms with Crippen LogP contribution in [0.15, 0.2) is 6.20 Å². The third-order valence-corrected chi connectivity index (χ3v) is 3.46. The average Bonchev–Trinajstić information content (AvgIpc) is 2.76. The molecule has 6 heteroatoms. The molecule has 1 N–H and O–H groups in total. The molecule has 1 fully saturated rings. The molecule has 1 aromatic heterocycles. The number of hydrogen-bond acceptors (Lipinski definition) is 4. The molecule has 0 saturated carbocycles. The average molecular weight is 265 g/mol. The third-order valence-electron chi connectivity index (χ3n) is 3.46. The van der Waals surface area contributed by atoms with E-state index in [1.54, 1.807) is 4.68 Å². The van der Waals surface area contributed by atoms with E-state index in [2.05, 4.69) is 29.5 Å². The highest BCUT2D eigenvalue weighted by molar-refractivity contribution is 5.76. The standard InChI is InChI=1S/C13H23N5O/c1-10-4-11(2)7-17(6-10)13(19)9-18-8-12(5-14-3)15-16-18/h8,10-11,14H,4-7,9H2,1-3H3. The number of nitrogens with one attached hydrogen (secondary N) is 1. The molecule has 1 aliphatic heterocycles. The molecule has 2 unspecified atom stereocenters. The van der Waals surface area contributed by atoms with Gasteiger partial charge in [0.1, 0.15) is 6.54 Å². The van der Waals surface area contributed by atoms with Gasteiger partial charge in [-0.05, 0) is 25.3 Å². The first-order chi connectivity index (χ1) is 9.08. The topological polar surface area (TPSA) is 63.1 Å². The Labute approximate surface area is 114 Å². The number of rotatable bonds is 4. The molecule has 0 radical (unpaired) electrons. The van der Waals surface area contributed by atoms with E-state index in [0.29, 0.717) is 18.4 Å². The van der Waals surface area contributed by atoms with Crippen LogP contribution in [0.2, 0.25) is 0 Å². The molecule has 0 spiro atoms. The van der Waals surface area contributed by atoms with Crippen molar-refractivity contribution in [2.24, 2.45) is 11.8 Å². The smallest absolute Gasteiger partial charge is 0.244 e. The van der Waals surface area contributed by atoms with Crippen molar-refractivity contribution in [1.82, 2.24) is 25.2 Å². The van der Waals surface area contributed by atoms with Gasteiger partial charge in [0, 0.05) is 19.6 Å². The zero-order valence-electron chi connectivity index (χ0n) is 12.0. The fourth-order valence-electron chi connectivity index (χ4n) is 2.78. The Morgan fingerprint density at radius 3 is 2.74 bits per heavy atom. The summed E-state index contributed by atoms with van der Waals surface area (Å²) in [6, 6.07) is 0. The number of carbonyl (C=O) groups is 1. The highest BCUT2D eigenvalue weighted by Gasteiger charge is 2.25. The molecule has 2 atom stereocenters. The number of nitrogens with zero attached hydrogens (tertiary/aromatic N) is 4. The maximum atomic E-state index is 12.2. The van der Waals surface area contributed by atoms with Crippen LogP contribution in [0.3, 0.4) is 0 Å². The van der Waals surface area contributed by atoms with E-state index in [4.69, 9.17) is 0 Å². The number of aromatic nitrogens is 3. The van der Waals surface area contributed by atoms with Gasteiger partial charge in [0.25, 0.3) is 0 Å². The van der Waals surface area contributed by atoms with E-state index in [0.717, 1.165) is 18.8 Å². The molecule has 106 valence electrons. The molecule has 19 heavy (non-hydrogen) atoms. The lowest BCUT2D eigenvalue weighted by Crippen LogP contribution is -2.44. The van der Waals surface area contributed by atoms with Gasteiger partial charge in [0.2, 0.25) is 5.91 Å². The first-order valence-electron chi connectivity index (χ1n) is 6.90. The lowest BCUT2D eigenvalue weighted by molar-refractivity contribution is -0.134. The van der Waals surface area contributed by atoms with Crippen molar-refractivity contribution in [3.8, 4) is 0 Å². The summed E-state index contributed by atoms with van der Waals surface area (Å²) in [7, 11) is 1.86. The van der Waals surface area contributed by atoms with E-state index >= 15 is 0 Å². The van der Waals surface area contributed by atoms with Gasteiger partial charge in [-0.3, -0.25) is 4.79 Å². The second kappa shape index (κ2) is 6.14. The minimum atomic E-state index is 0.138. The van der Waals surface area contributed by atoms with Crippen LogP contribution in [0.25, 0.3) is 0 Å². The van der Waals surface area contributed by atoms with Gasteiger partial charge in [0.05, 0.1) is 11.9 Å². The quantitative estimate of drug-likeness (QED) is 0.861. The van der Waals surface area contributed by atoms with Crippen molar-refractivity contribution < 1.29 is 4.79 Å². The van der Waals surface area contributed by atoms with Gasteiger partial charge >= 0.3 is 0 Å². The van der Waals surface area contributed by atoms with Gasteiger partial charge in [0.15, 0.2) is 0 Å². The first kappa shape index (κ1) is 14.0. The van der Waals surface area contributed by atoms with Crippen LogP contribution >= 0.6 is 0 Å². The Hall–Kier alpha value is -1.43. The summed E-state index contributed by atoms with van der Waals surface area (Å²) >= 11 is 0. The van der Waals surface area contributed by atoms with Crippen molar-refractivity contribution >= 4 is 5.91 Å². The van der Waals surface area contributed by atoms with Gasteiger partial charge in [-0.15, -0.1) is 5.10 Å². The van der Waals surface area contributed by atoms with Crippen molar-refractivity contribution in [1.29, 1.82) is 0 Å². The highest BCUT2D eigenvalue weighted by atomic mass is 16.2. The highest BCUT2D eigenvalue weighted by Crippen LogP contribution is 2.21. The number of carbonyl (C=O) groups excluding carboxylic acids is 1. The second-order valence-electron chi connectivity index (χ2n) is 5.68. The molecule has 0 aromatic carbocycles. The Kier molecular flexibility index (Phi) is 4.52. The summed E-state index contributed by atoms with van der Waals surface area (Å²) in [5.74, 6) is 1.31. The Morgan fingerprint density at radius 1 is 1.42 bits per heavy atom. The molecule has 0 bridgehead atoms. The molecule has 2 heterocycles. The molecular weight excluding hydrogens is 242 g/mol. The van der Waals surface area contributed by atoms with Crippen LogP contribution in [-0.4, -0.2) is 45.9 Å². The zero-order valence-corrected chi connectivity index (χ0v) is 12.0. The van der Waals surface area contributed by atoms with Crippen LogP contribution in [0.5, 0.6) is 0 Å². The maximum Gasteiger partial charge on any atom is 0.244 e. The van der Waals surface area contributed by atoms with Gasteiger partial charge in [-0.1, -0.05) is 19.1 Å². The minimum absolute atomic E-state index is 0.138. The lowest BCUT2D eigenvalue weighted by Gasteiger charge is -2.34. The van der Waals surface area contributed by atoms with Crippen molar-refractivity contribution in [2.75, 3.05) is 20.1 Å². The summed E-state index contributed by atoms with van der Waals surface area (Å²) in [6.45, 7) is 7.09. The normalized spacial score (nSPS) is 23.6. The van der Waals surface area contributed by atoms with Crippen LogP contribution < -0.4 is 5.32 Å². The second-order valence-corrected chi connectivity index (χ2v) is 5.68. The Bertz CT molecular complexity index is 420. The van der Waals surface area contributed by atoms with Crippen LogP contribution in [0, 0.1) is 11.8 Å². The lowest BCUT2D eigenvalue weighted by atomic mass is 9.92. The fraction of sp³-hybridized carbons (Fsp3) is 0.769. The van der Waals surface area contributed by atoms with E-state index < -0.39 is 0 Å². The van der Waals surface area contributed by atoms with E-state index in [-0.39, 0.29) is 12.5 Å². The Morgan fingerprint density at radius 2 is 2.11 bits per heavy atom. The SMILES string of the molecule is CNCc1cn(CC(=O)N2CC(C)CC(C)C2)nn1. The maximum absolute atomic E-state index is 12.2. The van der Waals surface area contributed by atoms with Crippen molar-refractivity contribution in [2.45, 2.75) is 33.4 Å². The van der Waals surface area contributed by atoms with E-state index in [1.165, 1.54) is 6.42 Å². The number of likely N-dealkylation sites (tertiary alicyclic amines) is 1. The number of amides is 1. The molecule has 1 amide bonds. The van der Waals surface area contributed by atoms with Gasteiger partial charge in [-0.25, -0.2) is 4.68 Å². The summed E-state index contributed by atoms with van der Waals surface area (Å²) in [4.78, 5) is 14.2. The molecule has 0 aliphatic carbocycles. The van der Waals surface area contributed by atoms with E-state index in [1.807, 2.05) is 18.1 Å². The van der Waals surface area contributed by atoms with Crippen molar-refractivity contribution in [3.63, 3.8) is 0 Å².